The van der Waals surface area contributed by atoms with Crippen molar-refractivity contribution in [3.05, 3.63) is 0 Å². The molecule has 13 heavy (non-hydrogen) atoms. The lowest BCUT2D eigenvalue weighted by Crippen LogP contribution is -2.56. The highest BCUT2D eigenvalue weighted by molar-refractivity contribution is 4.96. The molecule has 0 aliphatic heterocycles. The molecule has 0 aromatic rings. The van der Waals surface area contributed by atoms with Crippen molar-refractivity contribution in [2.24, 2.45) is 23.3 Å². The summed E-state index contributed by atoms with van der Waals surface area (Å²) in [5, 5.41) is 0. The second-order valence-electron chi connectivity index (χ2n) is 4.89. The molecule has 1 saturated carbocycles. The third kappa shape index (κ3) is 2.93. The highest BCUT2D eigenvalue weighted by atomic mass is 16.0. The molecule has 0 heterocycles. The zero-order valence-corrected chi connectivity index (χ0v) is 9.01. The predicted molar refractivity (Wildman–Crippen MR) is 56.4 cm³/mol. The van der Waals surface area contributed by atoms with Crippen LogP contribution in [-0.2, 0) is 0 Å². The number of nitrogens with two attached hydrogens (primary N) is 2. The van der Waals surface area contributed by atoms with Crippen molar-refractivity contribution in [2.45, 2.75) is 51.6 Å². The van der Waals surface area contributed by atoms with E-state index in [-0.39, 0.29) is 17.1 Å². The summed E-state index contributed by atoms with van der Waals surface area (Å²) in [5.41, 5.74) is 12.0. The molecule has 1 rings (SSSR count). The number of hydrogen-bond acceptors (Lipinski definition) is 2. The van der Waals surface area contributed by atoms with Crippen LogP contribution in [-0.4, -0.2) is 17.1 Å². The Labute approximate surface area is 81.2 Å². The van der Waals surface area contributed by atoms with E-state index in [1.807, 2.05) is 0 Å². The molecule has 80 valence electrons. The average Bonchev–Trinajstić information content (AvgIpc) is 1.94. The van der Waals surface area contributed by atoms with Crippen molar-refractivity contribution in [1.29, 1.82) is 0 Å². The third-order valence-corrected chi connectivity index (χ3v) is 3.40. The standard InChI is InChI=1S/C10H22N2.H2O/c1-7(2)8-4-5-10(3,12)9(11)6-8;/h7-9H,4-6,11-12H2,1-3H3;1H2. The van der Waals surface area contributed by atoms with Gasteiger partial charge in [0.15, 0.2) is 0 Å². The molecule has 0 radical (unpaired) electrons. The van der Waals surface area contributed by atoms with Gasteiger partial charge in [-0.3, -0.25) is 0 Å². The maximum atomic E-state index is 6.06. The molecule has 1 aliphatic carbocycles. The van der Waals surface area contributed by atoms with Gasteiger partial charge in [0, 0.05) is 11.6 Å². The minimum absolute atomic E-state index is 0. The fourth-order valence-electron chi connectivity index (χ4n) is 2.00. The second kappa shape index (κ2) is 4.40. The van der Waals surface area contributed by atoms with E-state index in [2.05, 4.69) is 20.8 Å². The smallest absolute Gasteiger partial charge is 0.0279 e. The van der Waals surface area contributed by atoms with Crippen LogP contribution < -0.4 is 11.5 Å². The molecule has 0 bridgehead atoms. The van der Waals surface area contributed by atoms with Crippen LogP contribution in [0.5, 0.6) is 0 Å². The van der Waals surface area contributed by atoms with Gasteiger partial charge >= 0.3 is 0 Å². The molecule has 3 unspecified atom stereocenters. The van der Waals surface area contributed by atoms with E-state index in [1.165, 1.54) is 6.42 Å². The lowest BCUT2D eigenvalue weighted by atomic mass is 9.71. The quantitative estimate of drug-likeness (QED) is 0.633. The first kappa shape index (κ1) is 12.9. The minimum atomic E-state index is -0.120. The van der Waals surface area contributed by atoms with E-state index in [1.54, 1.807) is 0 Å². The Hall–Kier alpha value is -0.120. The van der Waals surface area contributed by atoms with Crippen LogP contribution in [0.2, 0.25) is 0 Å². The van der Waals surface area contributed by atoms with E-state index in [0.29, 0.717) is 0 Å². The lowest BCUT2D eigenvalue weighted by Gasteiger charge is -2.41. The highest BCUT2D eigenvalue weighted by Crippen LogP contribution is 2.33. The first-order chi connectivity index (χ1) is 5.43. The highest BCUT2D eigenvalue weighted by Gasteiger charge is 2.35. The number of hydrogen-bond donors (Lipinski definition) is 2. The van der Waals surface area contributed by atoms with Crippen molar-refractivity contribution in [3.8, 4) is 0 Å². The molecule has 3 nitrogen and oxygen atoms in total. The molecule has 0 aromatic carbocycles. The molecule has 0 saturated heterocycles. The Balaban J connectivity index is 0.00000144. The summed E-state index contributed by atoms with van der Waals surface area (Å²) in [4.78, 5) is 0. The Kier molecular flexibility index (Phi) is 4.36. The maximum Gasteiger partial charge on any atom is 0.0279 e. The zero-order chi connectivity index (χ0) is 9.35. The van der Waals surface area contributed by atoms with Gasteiger partial charge in [-0.25, -0.2) is 0 Å². The van der Waals surface area contributed by atoms with E-state index >= 15 is 0 Å². The van der Waals surface area contributed by atoms with Gasteiger partial charge in [-0.15, -0.1) is 0 Å². The van der Waals surface area contributed by atoms with Gasteiger partial charge in [0.25, 0.3) is 0 Å². The van der Waals surface area contributed by atoms with Gasteiger partial charge in [-0.1, -0.05) is 13.8 Å². The van der Waals surface area contributed by atoms with Crippen LogP contribution in [0.4, 0.5) is 0 Å². The third-order valence-electron chi connectivity index (χ3n) is 3.40. The Morgan fingerprint density at radius 1 is 1.38 bits per heavy atom. The van der Waals surface area contributed by atoms with Crippen molar-refractivity contribution < 1.29 is 5.48 Å². The topological polar surface area (TPSA) is 83.5 Å². The Morgan fingerprint density at radius 3 is 2.31 bits per heavy atom. The van der Waals surface area contributed by atoms with Gasteiger partial charge in [0.2, 0.25) is 0 Å². The van der Waals surface area contributed by atoms with Gasteiger partial charge in [-0.05, 0) is 38.0 Å². The summed E-state index contributed by atoms with van der Waals surface area (Å²) in [6.45, 7) is 6.63. The van der Waals surface area contributed by atoms with Gasteiger partial charge < -0.3 is 16.9 Å². The molecule has 6 N–H and O–H groups in total. The molecule has 1 fully saturated rings. The predicted octanol–water partition coefficient (Wildman–Crippen LogP) is 0.663. The van der Waals surface area contributed by atoms with Crippen LogP contribution >= 0.6 is 0 Å². The van der Waals surface area contributed by atoms with Gasteiger partial charge in [0.05, 0.1) is 0 Å². The first-order valence-electron chi connectivity index (χ1n) is 4.98. The largest absolute Gasteiger partial charge is 0.412 e. The molecule has 3 heteroatoms. The monoisotopic (exact) mass is 188 g/mol. The molecular formula is C10H24N2O. The van der Waals surface area contributed by atoms with Crippen molar-refractivity contribution in [3.63, 3.8) is 0 Å². The summed E-state index contributed by atoms with van der Waals surface area (Å²) in [6.07, 6.45) is 3.43. The SMILES string of the molecule is CC(C)C1CCC(C)(N)C(N)C1.O. The normalized spacial score (nSPS) is 40.2. The molecule has 1 aliphatic rings. The van der Waals surface area contributed by atoms with Gasteiger partial charge in [0.1, 0.15) is 0 Å². The summed E-state index contributed by atoms with van der Waals surface area (Å²) in [5.74, 6) is 1.55. The summed E-state index contributed by atoms with van der Waals surface area (Å²) in [7, 11) is 0. The summed E-state index contributed by atoms with van der Waals surface area (Å²) in [6, 6.07) is 0.193. The fourth-order valence-corrected chi connectivity index (χ4v) is 2.00. The fraction of sp³-hybridized carbons (Fsp3) is 1.00. The van der Waals surface area contributed by atoms with Crippen LogP contribution in [0.25, 0.3) is 0 Å². The number of rotatable bonds is 1. The molecule has 0 spiro atoms. The van der Waals surface area contributed by atoms with Crippen LogP contribution in [0.15, 0.2) is 0 Å². The van der Waals surface area contributed by atoms with E-state index in [0.717, 1.165) is 24.7 Å². The maximum absolute atomic E-state index is 6.06. The zero-order valence-electron chi connectivity index (χ0n) is 9.01. The minimum Gasteiger partial charge on any atom is -0.412 e. The Morgan fingerprint density at radius 2 is 1.92 bits per heavy atom. The van der Waals surface area contributed by atoms with Gasteiger partial charge in [-0.2, -0.15) is 0 Å². The van der Waals surface area contributed by atoms with E-state index in [4.69, 9.17) is 11.5 Å². The van der Waals surface area contributed by atoms with Crippen molar-refractivity contribution >= 4 is 0 Å². The van der Waals surface area contributed by atoms with E-state index < -0.39 is 0 Å². The van der Waals surface area contributed by atoms with E-state index in [9.17, 15) is 0 Å². The van der Waals surface area contributed by atoms with Crippen molar-refractivity contribution in [1.82, 2.24) is 0 Å². The van der Waals surface area contributed by atoms with Crippen LogP contribution in [0.1, 0.15) is 40.0 Å². The lowest BCUT2D eigenvalue weighted by molar-refractivity contribution is 0.179. The van der Waals surface area contributed by atoms with Crippen molar-refractivity contribution in [2.75, 3.05) is 0 Å². The molecule has 0 amide bonds. The summed E-state index contributed by atoms with van der Waals surface area (Å²) < 4.78 is 0. The van der Waals surface area contributed by atoms with Crippen LogP contribution in [0, 0.1) is 11.8 Å². The average molecular weight is 188 g/mol. The summed E-state index contributed by atoms with van der Waals surface area (Å²) >= 11 is 0. The molecule has 3 atom stereocenters. The second-order valence-corrected chi connectivity index (χ2v) is 4.89. The Bertz CT molecular complexity index is 157. The molecule has 0 aromatic heterocycles. The molecular weight excluding hydrogens is 164 g/mol. The van der Waals surface area contributed by atoms with Crippen LogP contribution in [0.3, 0.4) is 0 Å². The first-order valence-corrected chi connectivity index (χ1v) is 4.98.